The van der Waals surface area contributed by atoms with Crippen molar-refractivity contribution < 1.29 is 4.74 Å². The first-order valence-corrected chi connectivity index (χ1v) is 5.22. The quantitative estimate of drug-likeness (QED) is 0.791. The van der Waals surface area contributed by atoms with Crippen LogP contribution in [0.15, 0.2) is 12.1 Å². The molecule has 0 radical (unpaired) electrons. The molecule has 82 valence electrons. The van der Waals surface area contributed by atoms with E-state index in [9.17, 15) is 0 Å². The molecule has 1 aliphatic rings. The summed E-state index contributed by atoms with van der Waals surface area (Å²) < 4.78 is 5.36. The number of hydrogen-bond acceptors (Lipinski definition) is 4. The van der Waals surface area contributed by atoms with Crippen LogP contribution in [0.3, 0.4) is 0 Å². The van der Waals surface area contributed by atoms with Crippen molar-refractivity contribution in [3.63, 3.8) is 0 Å². The van der Waals surface area contributed by atoms with Crippen LogP contribution in [0.2, 0.25) is 0 Å². The summed E-state index contributed by atoms with van der Waals surface area (Å²) in [6.45, 7) is 3.57. The lowest BCUT2D eigenvalue weighted by Crippen LogP contribution is -2.32. The third-order valence-electron chi connectivity index (χ3n) is 2.93. The Labute approximate surface area is 90.0 Å². The smallest absolute Gasteiger partial charge is 0.129 e. The molecular weight excluding hydrogens is 190 g/mol. The molecule has 15 heavy (non-hydrogen) atoms. The first-order valence-electron chi connectivity index (χ1n) is 5.22. The van der Waals surface area contributed by atoms with Gasteiger partial charge in [-0.25, -0.2) is 4.98 Å². The fraction of sp³-hybridized carbons (Fsp3) is 0.545. The number of likely N-dealkylation sites (N-methyl/N-ethyl adjacent to an activating group) is 1. The Morgan fingerprint density at radius 1 is 1.53 bits per heavy atom. The number of anilines is 2. The minimum atomic E-state index is 0.445. The molecule has 4 nitrogen and oxygen atoms in total. The summed E-state index contributed by atoms with van der Waals surface area (Å²) in [6, 6.07) is 4.31. The van der Waals surface area contributed by atoms with E-state index < -0.39 is 0 Å². The highest BCUT2D eigenvalue weighted by Gasteiger charge is 2.21. The van der Waals surface area contributed by atoms with Crippen LogP contribution in [0.5, 0.6) is 0 Å². The van der Waals surface area contributed by atoms with Crippen molar-refractivity contribution >= 4 is 11.5 Å². The third kappa shape index (κ3) is 2.04. The van der Waals surface area contributed by atoms with Gasteiger partial charge in [-0.3, -0.25) is 0 Å². The molecule has 1 fully saturated rings. The molecule has 1 aromatic rings. The van der Waals surface area contributed by atoms with Gasteiger partial charge in [-0.05, 0) is 25.5 Å². The predicted molar refractivity (Wildman–Crippen MR) is 61.0 cm³/mol. The number of nitrogen functional groups attached to an aromatic ring is 1. The van der Waals surface area contributed by atoms with E-state index in [2.05, 4.69) is 16.9 Å². The van der Waals surface area contributed by atoms with Crippen LogP contribution >= 0.6 is 0 Å². The first kappa shape index (κ1) is 10.2. The van der Waals surface area contributed by atoms with Crippen LogP contribution in [-0.2, 0) is 4.74 Å². The Kier molecular flexibility index (Phi) is 2.77. The number of pyridine rings is 1. The van der Waals surface area contributed by atoms with E-state index in [0.29, 0.717) is 6.04 Å². The molecule has 1 atom stereocenters. The topological polar surface area (TPSA) is 51.4 Å². The predicted octanol–water partition coefficient (Wildman–Crippen LogP) is 1.20. The Morgan fingerprint density at radius 2 is 2.33 bits per heavy atom. The van der Waals surface area contributed by atoms with Gasteiger partial charge in [0.25, 0.3) is 0 Å². The normalized spacial score (nSPS) is 20.5. The lowest BCUT2D eigenvalue weighted by Gasteiger charge is -2.24. The average molecular weight is 207 g/mol. The molecule has 1 aliphatic heterocycles. The van der Waals surface area contributed by atoms with Gasteiger partial charge in [0, 0.05) is 13.7 Å². The van der Waals surface area contributed by atoms with E-state index in [1.54, 1.807) is 0 Å². The SMILES string of the molecule is Cc1nc(N(C)C2CCOC2)ccc1N. The number of nitrogens with two attached hydrogens (primary N) is 1. The van der Waals surface area contributed by atoms with Crippen LogP contribution in [-0.4, -0.2) is 31.3 Å². The highest BCUT2D eigenvalue weighted by atomic mass is 16.5. The Morgan fingerprint density at radius 3 is 2.93 bits per heavy atom. The number of hydrogen-bond donors (Lipinski definition) is 1. The second kappa shape index (κ2) is 4.06. The highest BCUT2D eigenvalue weighted by Crippen LogP contribution is 2.20. The van der Waals surface area contributed by atoms with Crippen molar-refractivity contribution in [2.24, 2.45) is 0 Å². The fourth-order valence-corrected chi connectivity index (χ4v) is 1.77. The number of ether oxygens (including phenoxy) is 1. The van der Waals surface area contributed by atoms with Crippen molar-refractivity contribution in [2.45, 2.75) is 19.4 Å². The summed E-state index contributed by atoms with van der Waals surface area (Å²) in [5.41, 5.74) is 7.37. The summed E-state index contributed by atoms with van der Waals surface area (Å²) in [5, 5.41) is 0. The molecule has 0 saturated carbocycles. The van der Waals surface area contributed by atoms with Crippen molar-refractivity contribution in [3.05, 3.63) is 17.8 Å². The fourth-order valence-electron chi connectivity index (χ4n) is 1.77. The van der Waals surface area contributed by atoms with E-state index in [-0.39, 0.29) is 0 Å². The summed E-state index contributed by atoms with van der Waals surface area (Å²) in [5.74, 6) is 0.970. The largest absolute Gasteiger partial charge is 0.397 e. The van der Waals surface area contributed by atoms with Crippen molar-refractivity contribution in [1.82, 2.24) is 4.98 Å². The van der Waals surface area contributed by atoms with E-state index in [0.717, 1.165) is 36.8 Å². The summed E-state index contributed by atoms with van der Waals surface area (Å²) >= 11 is 0. The van der Waals surface area contributed by atoms with Gasteiger partial charge < -0.3 is 15.4 Å². The molecule has 0 bridgehead atoms. The zero-order valence-corrected chi connectivity index (χ0v) is 9.23. The molecule has 0 aromatic carbocycles. The number of nitrogens with zero attached hydrogens (tertiary/aromatic N) is 2. The molecule has 2 N–H and O–H groups in total. The summed E-state index contributed by atoms with van der Waals surface area (Å²) in [7, 11) is 2.05. The standard InChI is InChI=1S/C11H17N3O/c1-8-10(12)3-4-11(13-8)14(2)9-5-6-15-7-9/h3-4,9H,5-7,12H2,1-2H3. The molecule has 2 rings (SSSR count). The molecule has 0 aliphatic carbocycles. The number of aryl methyl sites for hydroxylation is 1. The highest BCUT2D eigenvalue weighted by molar-refractivity contribution is 5.50. The Bertz CT molecular complexity index is 348. The zero-order valence-electron chi connectivity index (χ0n) is 9.23. The van der Waals surface area contributed by atoms with Gasteiger partial charge in [0.05, 0.1) is 24.0 Å². The van der Waals surface area contributed by atoms with Crippen molar-refractivity contribution in [1.29, 1.82) is 0 Å². The maximum Gasteiger partial charge on any atom is 0.129 e. The third-order valence-corrected chi connectivity index (χ3v) is 2.93. The Balaban J connectivity index is 2.17. The molecule has 4 heteroatoms. The van der Waals surface area contributed by atoms with Gasteiger partial charge in [-0.15, -0.1) is 0 Å². The lowest BCUT2D eigenvalue weighted by molar-refractivity contribution is 0.193. The maximum atomic E-state index is 5.74. The molecule has 0 spiro atoms. The number of rotatable bonds is 2. The molecule has 1 saturated heterocycles. The van der Waals surface area contributed by atoms with Crippen LogP contribution in [0.4, 0.5) is 11.5 Å². The maximum absolute atomic E-state index is 5.74. The van der Waals surface area contributed by atoms with E-state index in [1.165, 1.54) is 0 Å². The zero-order chi connectivity index (χ0) is 10.8. The minimum absolute atomic E-state index is 0.445. The van der Waals surface area contributed by atoms with Gasteiger partial charge >= 0.3 is 0 Å². The molecule has 1 unspecified atom stereocenters. The van der Waals surface area contributed by atoms with Gasteiger partial charge in [0.15, 0.2) is 0 Å². The Hall–Kier alpha value is -1.29. The van der Waals surface area contributed by atoms with Crippen LogP contribution in [0.1, 0.15) is 12.1 Å². The van der Waals surface area contributed by atoms with E-state index >= 15 is 0 Å². The minimum Gasteiger partial charge on any atom is -0.397 e. The first-order chi connectivity index (χ1) is 7.18. The molecule has 2 heterocycles. The van der Waals surface area contributed by atoms with Crippen LogP contribution < -0.4 is 10.6 Å². The second-order valence-electron chi connectivity index (χ2n) is 3.97. The monoisotopic (exact) mass is 207 g/mol. The van der Waals surface area contributed by atoms with Crippen molar-refractivity contribution in [2.75, 3.05) is 30.9 Å². The van der Waals surface area contributed by atoms with E-state index in [1.807, 2.05) is 19.1 Å². The molecule has 0 amide bonds. The average Bonchev–Trinajstić information content (AvgIpc) is 2.74. The summed E-state index contributed by atoms with van der Waals surface area (Å²) in [6.07, 6.45) is 1.07. The summed E-state index contributed by atoms with van der Waals surface area (Å²) in [4.78, 5) is 6.63. The van der Waals surface area contributed by atoms with Crippen LogP contribution in [0.25, 0.3) is 0 Å². The van der Waals surface area contributed by atoms with Gasteiger partial charge in [-0.1, -0.05) is 0 Å². The van der Waals surface area contributed by atoms with Gasteiger partial charge in [-0.2, -0.15) is 0 Å². The van der Waals surface area contributed by atoms with Crippen molar-refractivity contribution in [3.8, 4) is 0 Å². The lowest BCUT2D eigenvalue weighted by atomic mass is 10.2. The van der Waals surface area contributed by atoms with Gasteiger partial charge in [0.1, 0.15) is 5.82 Å². The molecule has 1 aromatic heterocycles. The molecular formula is C11H17N3O. The van der Waals surface area contributed by atoms with Crippen LogP contribution in [0, 0.1) is 6.92 Å². The van der Waals surface area contributed by atoms with E-state index in [4.69, 9.17) is 10.5 Å². The van der Waals surface area contributed by atoms with Gasteiger partial charge in [0.2, 0.25) is 0 Å². The second-order valence-corrected chi connectivity index (χ2v) is 3.97. The number of aromatic nitrogens is 1.